The summed E-state index contributed by atoms with van der Waals surface area (Å²) in [4.78, 5) is 5.81. The number of hydrogen-bond donors (Lipinski definition) is 0. The highest BCUT2D eigenvalue weighted by Crippen LogP contribution is 2.38. The zero-order valence-corrected chi connectivity index (χ0v) is 17.1. The standard InChI is InChI=1S/C23H44N2/c1-2-3-4-5-6-7-8-9-10-11-15-21-20-22-16-12-13-18-24(22)23-17-14-19-25(21)23/h21-23H,2-20H2,1H3/t21-,22+,23+/m0/s1. The Labute approximate surface area is 157 Å². The molecule has 3 fully saturated rings. The summed E-state index contributed by atoms with van der Waals surface area (Å²) in [7, 11) is 0. The number of hydrogen-bond acceptors (Lipinski definition) is 2. The third kappa shape index (κ3) is 5.70. The predicted molar refractivity (Wildman–Crippen MR) is 109 cm³/mol. The van der Waals surface area contributed by atoms with E-state index in [1.165, 1.54) is 122 Å². The van der Waals surface area contributed by atoms with Crippen LogP contribution in [0.15, 0.2) is 0 Å². The van der Waals surface area contributed by atoms with E-state index in [0.29, 0.717) is 0 Å². The van der Waals surface area contributed by atoms with Crippen molar-refractivity contribution in [3.05, 3.63) is 0 Å². The van der Waals surface area contributed by atoms with E-state index in [1.54, 1.807) is 0 Å². The van der Waals surface area contributed by atoms with Crippen molar-refractivity contribution in [3.8, 4) is 0 Å². The van der Waals surface area contributed by atoms with Crippen LogP contribution in [-0.2, 0) is 0 Å². The Morgan fingerprint density at radius 2 is 1.36 bits per heavy atom. The van der Waals surface area contributed by atoms with Crippen LogP contribution in [0.5, 0.6) is 0 Å². The maximum absolute atomic E-state index is 2.91. The monoisotopic (exact) mass is 348 g/mol. The SMILES string of the molecule is CCCCCCCCCCCC[C@H]1C[C@H]2CCCCN2[C@H]2CCCN12. The molecule has 0 radical (unpaired) electrons. The molecule has 2 heteroatoms. The first-order valence-electron chi connectivity index (χ1n) is 11.9. The molecule has 0 saturated carbocycles. The van der Waals surface area contributed by atoms with Gasteiger partial charge in [-0.25, -0.2) is 0 Å². The molecular weight excluding hydrogens is 304 g/mol. The lowest BCUT2D eigenvalue weighted by Crippen LogP contribution is -2.60. The van der Waals surface area contributed by atoms with Crippen LogP contribution in [-0.4, -0.2) is 41.1 Å². The fourth-order valence-electron chi connectivity index (χ4n) is 5.82. The summed E-state index contributed by atoms with van der Waals surface area (Å²) < 4.78 is 0. The summed E-state index contributed by atoms with van der Waals surface area (Å²) in [6.45, 7) is 5.08. The molecule has 0 unspecified atom stereocenters. The summed E-state index contributed by atoms with van der Waals surface area (Å²) in [6, 6.07) is 1.85. The molecule has 0 spiro atoms. The van der Waals surface area contributed by atoms with Gasteiger partial charge in [-0.2, -0.15) is 0 Å². The molecule has 0 aromatic heterocycles. The van der Waals surface area contributed by atoms with E-state index in [2.05, 4.69) is 16.7 Å². The molecule has 0 aromatic carbocycles. The van der Waals surface area contributed by atoms with E-state index in [9.17, 15) is 0 Å². The lowest BCUT2D eigenvalue weighted by atomic mass is 9.89. The smallest absolute Gasteiger partial charge is 0.0627 e. The average Bonchev–Trinajstić information content (AvgIpc) is 3.13. The average molecular weight is 349 g/mol. The van der Waals surface area contributed by atoms with Gasteiger partial charge in [-0.15, -0.1) is 0 Å². The van der Waals surface area contributed by atoms with E-state index < -0.39 is 0 Å². The summed E-state index contributed by atoms with van der Waals surface area (Å²) in [5, 5.41) is 0. The van der Waals surface area contributed by atoms with Crippen molar-refractivity contribution in [2.75, 3.05) is 13.1 Å². The fraction of sp³-hybridized carbons (Fsp3) is 1.00. The Kier molecular flexibility index (Phi) is 8.60. The molecule has 0 aromatic rings. The first kappa shape index (κ1) is 19.7. The molecule has 2 nitrogen and oxygen atoms in total. The Morgan fingerprint density at radius 3 is 2.12 bits per heavy atom. The fourth-order valence-corrected chi connectivity index (χ4v) is 5.82. The van der Waals surface area contributed by atoms with Crippen molar-refractivity contribution in [1.82, 2.24) is 9.80 Å². The molecule has 146 valence electrons. The van der Waals surface area contributed by atoms with E-state index in [-0.39, 0.29) is 0 Å². The molecule has 3 atom stereocenters. The third-order valence-corrected chi connectivity index (χ3v) is 7.22. The highest BCUT2D eigenvalue weighted by atomic mass is 15.4. The summed E-state index contributed by atoms with van der Waals surface area (Å²) in [5.74, 6) is 0. The Balaban J connectivity index is 1.28. The number of fused-ring (bicyclic) bond motifs is 3. The molecule has 3 aliphatic rings. The molecule has 0 aliphatic carbocycles. The van der Waals surface area contributed by atoms with Crippen LogP contribution in [0.1, 0.15) is 116 Å². The second-order valence-electron chi connectivity index (χ2n) is 9.11. The maximum atomic E-state index is 2.91. The van der Waals surface area contributed by atoms with Gasteiger partial charge < -0.3 is 0 Å². The van der Waals surface area contributed by atoms with Gasteiger partial charge in [-0.1, -0.05) is 77.6 Å². The molecule has 3 saturated heterocycles. The first-order valence-corrected chi connectivity index (χ1v) is 11.9. The molecule has 3 rings (SSSR count). The molecule has 0 N–H and O–H groups in total. The van der Waals surface area contributed by atoms with Crippen LogP contribution >= 0.6 is 0 Å². The van der Waals surface area contributed by atoms with Gasteiger partial charge in [0, 0.05) is 18.6 Å². The minimum atomic E-state index is 0.826. The van der Waals surface area contributed by atoms with Crippen LogP contribution < -0.4 is 0 Å². The minimum Gasteiger partial charge on any atom is -0.285 e. The molecule has 0 amide bonds. The van der Waals surface area contributed by atoms with Gasteiger partial charge in [0.05, 0.1) is 6.17 Å². The van der Waals surface area contributed by atoms with E-state index in [1.807, 2.05) is 0 Å². The van der Waals surface area contributed by atoms with Gasteiger partial charge in [-0.3, -0.25) is 9.80 Å². The largest absolute Gasteiger partial charge is 0.285 e. The quantitative estimate of drug-likeness (QED) is 0.402. The zero-order valence-electron chi connectivity index (χ0n) is 17.1. The normalized spacial score (nSPS) is 30.4. The highest BCUT2D eigenvalue weighted by molar-refractivity contribution is 4.96. The van der Waals surface area contributed by atoms with Crippen LogP contribution in [0.2, 0.25) is 0 Å². The Hall–Kier alpha value is -0.0800. The van der Waals surface area contributed by atoms with Gasteiger partial charge in [-0.05, 0) is 45.1 Å². The van der Waals surface area contributed by atoms with Crippen molar-refractivity contribution in [3.63, 3.8) is 0 Å². The first-order chi connectivity index (χ1) is 12.4. The van der Waals surface area contributed by atoms with Gasteiger partial charge >= 0.3 is 0 Å². The van der Waals surface area contributed by atoms with Crippen molar-refractivity contribution in [1.29, 1.82) is 0 Å². The van der Waals surface area contributed by atoms with Crippen molar-refractivity contribution in [2.45, 2.75) is 134 Å². The second-order valence-corrected chi connectivity index (χ2v) is 9.11. The van der Waals surface area contributed by atoms with Crippen molar-refractivity contribution >= 4 is 0 Å². The van der Waals surface area contributed by atoms with Crippen LogP contribution in [0, 0.1) is 0 Å². The zero-order chi connectivity index (χ0) is 17.3. The topological polar surface area (TPSA) is 6.48 Å². The number of rotatable bonds is 11. The van der Waals surface area contributed by atoms with Crippen LogP contribution in [0.4, 0.5) is 0 Å². The van der Waals surface area contributed by atoms with Gasteiger partial charge in [0.2, 0.25) is 0 Å². The summed E-state index contributed by atoms with van der Waals surface area (Å²) in [5.41, 5.74) is 0. The Bertz CT molecular complexity index is 356. The van der Waals surface area contributed by atoms with Crippen molar-refractivity contribution < 1.29 is 0 Å². The second kappa shape index (κ2) is 10.9. The van der Waals surface area contributed by atoms with Gasteiger partial charge in [0.15, 0.2) is 0 Å². The summed E-state index contributed by atoms with van der Waals surface area (Å²) in [6.07, 6.45) is 25.8. The molecule has 0 bridgehead atoms. The minimum absolute atomic E-state index is 0.826. The van der Waals surface area contributed by atoms with Crippen LogP contribution in [0.25, 0.3) is 0 Å². The highest BCUT2D eigenvalue weighted by Gasteiger charge is 2.43. The molecular formula is C23H44N2. The number of piperidine rings is 1. The van der Waals surface area contributed by atoms with E-state index in [0.717, 1.165) is 18.2 Å². The maximum Gasteiger partial charge on any atom is 0.0627 e. The third-order valence-electron chi connectivity index (χ3n) is 7.22. The van der Waals surface area contributed by atoms with Gasteiger partial charge in [0.25, 0.3) is 0 Å². The molecule has 3 aliphatic heterocycles. The van der Waals surface area contributed by atoms with Gasteiger partial charge in [0.1, 0.15) is 0 Å². The lowest BCUT2D eigenvalue weighted by molar-refractivity contribution is -0.0611. The molecule has 25 heavy (non-hydrogen) atoms. The van der Waals surface area contributed by atoms with Crippen molar-refractivity contribution in [2.24, 2.45) is 0 Å². The Morgan fingerprint density at radius 1 is 0.680 bits per heavy atom. The van der Waals surface area contributed by atoms with E-state index in [4.69, 9.17) is 0 Å². The number of unbranched alkanes of at least 4 members (excludes halogenated alkanes) is 9. The molecule has 3 heterocycles. The van der Waals surface area contributed by atoms with Crippen LogP contribution in [0.3, 0.4) is 0 Å². The number of nitrogens with zero attached hydrogens (tertiary/aromatic N) is 2. The summed E-state index contributed by atoms with van der Waals surface area (Å²) >= 11 is 0. The van der Waals surface area contributed by atoms with E-state index >= 15 is 0 Å². The lowest BCUT2D eigenvalue weighted by Gasteiger charge is -2.51. The predicted octanol–water partition coefficient (Wildman–Crippen LogP) is 6.35.